The summed E-state index contributed by atoms with van der Waals surface area (Å²) in [5, 5.41) is 10.6. The van der Waals surface area contributed by atoms with Crippen LogP contribution in [0.15, 0.2) is 0 Å². The third-order valence-corrected chi connectivity index (χ3v) is 5.22. The maximum absolute atomic E-state index is 12.4. The van der Waals surface area contributed by atoms with Crippen LogP contribution < -0.4 is 4.90 Å². The van der Waals surface area contributed by atoms with Crippen LogP contribution in [-0.4, -0.2) is 49.9 Å². The molecule has 7 nitrogen and oxygen atoms in total. The van der Waals surface area contributed by atoms with Crippen molar-refractivity contribution in [3.8, 4) is 0 Å². The minimum absolute atomic E-state index is 0.0897. The van der Waals surface area contributed by atoms with Gasteiger partial charge >= 0.3 is 6.09 Å². The summed E-state index contributed by atoms with van der Waals surface area (Å²) in [7, 11) is 0. The Morgan fingerprint density at radius 1 is 1.36 bits per heavy atom. The lowest BCUT2D eigenvalue weighted by atomic mass is 10.1. The molecule has 3 aliphatic rings. The Balaban J connectivity index is 1.60. The summed E-state index contributed by atoms with van der Waals surface area (Å²) in [5.74, 6) is 0.752. The first kappa shape index (κ1) is 16.8. The largest absolute Gasteiger partial charge is 0.444 e. The van der Waals surface area contributed by atoms with E-state index in [4.69, 9.17) is 16.3 Å². The highest BCUT2D eigenvalue weighted by Gasteiger charge is 2.58. The lowest BCUT2D eigenvalue weighted by Crippen LogP contribution is -2.39. The molecule has 1 saturated heterocycles. The van der Waals surface area contributed by atoms with Gasteiger partial charge in [-0.3, -0.25) is 4.90 Å². The summed E-state index contributed by atoms with van der Waals surface area (Å²) in [6.07, 6.45) is 2.14. The number of anilines is 1. The molecule has 0 bridgehead atoms. The number of ether oxygens (including phenoxy) is 1. The molecule has 1 aromatic heterocycles. The molecule has 3 heterocycles. The number of carbonyl (C=O) groups excluding carboxylic acids is 1. The van der Waals surface area contributed by atoms with Crippen LogP contribution in [0.5, 0.6) is 0 Å². The molecule has 1 unspecified atom stereocenters. The highest BCUT2D eigenvalue weighted by Crippen LogP contribution is 2.49. The smallest absolute Gasteiger partial charge is 0.410 e. The zero-order chi connectivity index (χ0) is 18.0. The van der Waals surface area contributed by atoms with Gasteiger partial charge in [-0.1, -0.05) is 0 Å². The summed E-state index contributed by atoms with van der Waals surface area (Å²) in [5.41, 5.74) is 0.531. The van der Waals surface area contributed by atoms with E-state index in [9.17, 15) is 9.90 Å². The summed E-state index contributed by atoms with van der Waals surface area (Å²) >= 11 is 6.13. The number of amides is 1. The molecule has 2 aliphatic heterocycles. The van der Waals surface area contributed by atoms with E-state index in [1.54, 1.807) is 4.90 Å². The van der Waals surface area contributed by atoms with Gasteiger partial charge in [0.15, 0.2) is 0 Å². The first-order chi connectivity index (χ1) is 11.7. The summed E-state index contributed by atoms with van der Waals surface area (Å²) in [4.78, 5) is 24.9. The van der Waals surface area contributed by atoms with Crippen LogP contribution in [0.4, 0.5) is 10.6 Å². The van der Waals surface area contributed by atoms with Crippen molar-refractivity contribution in [3.05, 3.63) is 16.5 Å². The summed E-state index contributed by atoms with van der Waals surface area (Å²) < 4.78 is 5.47. The second kappa shape index (κ2) is 5.45. The molecule has 2 atom stereocenters. The van der Waals surface area contributed by atoms with Crippen molar-refractivity contribution in [1.82, 2.24) is 14.9 Å². The van der Waals surface area contributed by atoms with Crippen molar-refractivity contribution in [1.29, 1.82) is 0 Å². The quantitative estimate of drug-likeness (QED) is 0.769. The predicted molar refractivity (Wildman–Crippen MR) is 92.5 cm³/mol. The number of aromatic nitrogens is 2. The van der Waals surface area contributed by atoms with E-state index in [0.29, 0.717) is 13.1 Å². The van der Waals surface area contributed by atoms with Gasteiger partial charge < -0.3 is 14.7 Å². The molecule has 0 radical (unpaired) electrons. The van der Waals surface area contributed by atoms with Crippen molar-refractivity contribution in [2.45, 2.75) is 70.4 Å². The minimum Gasteiger partial charge on any atom is -0.444 e. The number of hydrogen-bond donors (Lipinski definition) is 1. The van der Waals surface area contributed by atoms with E-state index in [1.165, 1.54) is 0 Å². The Bertz CT molecular complexity index is 735. The third kappa shape index (κ3) is 3.04. The van der Waals surface area contributed by atoms with Gasteiger partial charge in [-0.15, -0.1) is 0 Å². The number of halogens is 1. The molecule has 4 rings (SSSR count). The molecule has 2 fully saturated rings. The Hall–Kier alpha value is -1.60. The predicted octanol–water partition coefficient (Wildman–Crippen LogP) is 2.48. The number of piperidine rings is 1. The van der Waals surface area contributed by atoms with Gasteiger partial charge in [0, 0.05) is 18.5 Å². The number of hydrogen-bond acceptors (Lipinski definition) is 6. The Morgan fingerprint density at radius 3 is 2.84 bits per heavy atom. The van der Waals surface area contributed by atoms with Crippen molar-refractivity contribution in [2.24, 2.45) is 0 Å². The van der Waals surface area contributed by atoms with Gasteiger partial charge in [-0.25, -0.2) is 14.8 Å². The lowest BCUT2D eigenvalue weighted by Gasteiger charge is -2.31. The average molecular weight is 367 g/mol. The number of fused-ring (bicyclic) bond motifs is 2. The fraction of sp³-hybridized carbons (Fsp3) is 0.706. The van der Waals surface area contributed by atoms with Crippen molar-refractivity contribution in [2.75, 3.05) is 11.4 Å². The van der Waals surface area contributed by atoms with E-state index in [0.717, 1.165) is 42.9 Å². The number of nitrogens with zero attached hydrogens (tertiary/aromatic N) is 4. The van der Waals surface area contributed by atoms with Crippen LogP contribution in [0.25, 0.3) is 0 Å². The minimum atomic E-state index is -0.591. The standard InChI is InChI=1S/C17H23ClN4O3/c1-16(2,3)25-15(23)21-8-10-11(9-21)19-14(18)20-13(10)22-6-4-5-17(24)7-12(17)22/h12,24H,4-9H2,1-3H3/t12?,17-/m0/s1. The molecule has 1 amide bonds. The first-order valence-corrected chi connectivity index (χ1v) is 9.06. The summed E-state index contributed by atoms with van der Waals surface area (Å²) in [6, 6.07) is 0.0897. The molecule has 25 heavy (non-hydrogen) atoms. The monoisotopic (exact) mass is 366 g/mol. The van der Waals surface area contributed by atoms with E-state index in [2.05, 4.69) is 14.9 Å². The van der Waals surface area contributed by atoms with Crippen molar-refractivity contribution in [3.63, 3.8) is 0 Å². The van der Waals surface area contributed by atoms with Crippen molar-refractivity contribution < 1.29 is 14.6 Å². The van der Waals surface area contributed by atoms with E-state index in [-0.39, 0.29) is 17.4 Å². The highest BCUT2D eigenvalue weighted by molar-refractivity contribution is 6.28. The molecule has 0 aromatic carbocycles. The number of rotatable bonds is 1. The zero-order valence-corrected chi connectivity index (χ0v) is 15.5. The van der Waals surface area contributed by atoms with Gasteiger partial charge in [0.05, 0.1) is 30.4 Å². The SMILES string of the molecule is CC(C)(C)OC(=O)N1Cc2nc(Cl)nc(N3CCC[C@]4(O)CC34)c2C1. The van der Waals surface area contributed by atoms with Gasteiger partial charge in [-0.05, 0) is 45.2 Å². The van der Waals surface area contributed by atoms with Gasteiger partial charge in [0.1, 0.15) is 11.4 Å². The fourth-order valence-corrected chi connectivity index (χ4v) is 3.99. The van der Waals surface area contributed by atoms with Gasteiger partial charge in [0.25, 0.3) is 0 Å². The molecular formula is C17H23ClN4O3. The van der Waals surface area contributed by atoms with Gasteiger partial charge in [0.2, 0.25) is 5.28 Å². The van der Waals surface area contributed by atoms with E-state index in [1.807, 2.05) is 20.8 Å². The van der Waals surface area contributed by atoms with Crippen molar-refractivity contribution >= 4 is 23.5 Å². The lowest BCUT2D eigenvalue weighted by molar-refractivity contribution is 0.0240. The molecule has 1 saturated carbocycles. The Labute approximate surface area is 151 Å². The van der Waals surface area contributed by atoms with E-state index >= 15 is 0 Å². The second-order valence-electron chi connectivity index (χ2n) is 8.20. The number of aliphatic hydroxyl groups is 1. The molecular weight excluding hydrogens is 344 g/mol. The normalized spacial score (nSPS) is 27.8. The van der Waals surface area contributed by atoms with Crippen LogP contribution in [0.3, 0.4) is 0 Å². The summed E-state index contributed by atoms with van der Waals surface area (Å²) in [6.45, 7) is 7.13. The number of carbonyl (C=O) groups is 1. The second-order valence-corrected chi connectivity index (χ2v) is 8.54. The fourth-order valence-electron chi connectivity index (χ4n) is 3.81. The Morgan fingerprint density at radius 2 is 2.12 bits per heavy atom. The maximum Gasteiger partial charge on any atom is 0.410 e. The molecule has 1 aliphatic carbocycles. The Kier molecular flexibility index (Phi) is 3.67. The first-order valence-electron chi connectivity index (χ1n) is 8.68. The molecule has 8 heteroatoms. The molecule has 1 N–H and O–H groups in total. The average Bonchev–Trinajstić information content (AvgIpc) is 3.00. The van der Waals surface area contributed by atoms with Crippen LogP contribution in [0.1, 0.15) is 51.3 Å². The molecule has 1 aromatic rings. The van der Waals surface area contributed by atoms with E-state index < -0.39 is 11.2 Å². The molecule has 136 valence electrons. The zero-order valence-electron chi connectivity index (χ0n) is 14.8. The van der Waals surface area contributed by atoms with Crippen LogP contribution >= 0.6 is 11.6 Å². The topological polar surface area (TPSA) is 78.8 Å². The van der Waals surface area contributed by atoms with Crippen LogP contribution in [-0.2, 0) is 17.8 Å². The van der Waals surface area contributed by atoms with Crippen LogP contribution in [0.2, 0.25) is 5.28 Å². The third-order valence-electron chi connectivity index (χ3n) is 5.05. The molecule has 0 spiro atoms. The maximum atomic E-state index is 12.4. The van der Waals surface area contributed by atoms with Crippen LogP contribution in [0, 0.1) is 0 Å². The van der Waals surface area contributed by atoms with Gasteiger partial charge in [-0.2, -0.15) is 0 Å². The highest BCUT2D eigenvalue weighted by atomic mass is 35.5.